The molecule has 0 bridgehead atoms. The van der Waals surface area contributed by atoms with Crippen molar-refractivity contribution >= 4 is 13.6 Å². The van der Waals surface area contributed by atoms with E-state index in [0.717, 1.165) is 12.6 Å². The van der Waals surface area contributed by atoms with Crippen molar-refractivity contribution in [1.29, 1.82) is 0 Å². The molecular weight excluding hydrogens is 74.9 g/mol. The molecule has 0 rings (SSSR count). The predicted molar refractivity (Wildman–Crippen MR) is 27.1 cm³/mol. The van der Waals surface area contributed by atoms with E-state index >= 15 is 0 Å². The largest absolute Gasteiger partial charge is 0.304 e. The van der Waals surface area contributed by atoms with Gasteiger partial charge in [0.25, 0.3) is 0 Å². The van der Waals surface area contributed by atoms with Crippen molar-refractivity contribution in [3.63, 3.8) is 0 Å². The first-order chi connectivity index (χ1) is 2.91. The number of hydrogen-bond acceptors (Lipinski definition) is 1. The summed E-state index contributed by atoms with van der Waals surface area (Å²) in [7, 11) is 1.94. The number of aldehydes is 1. The van der Waals surface area contributed by atoms with Gasteiger partial charge in [-0.3, -0.25) is 0 Å². The molecule has 2 heteroatoms. The Kier molecular flexibility index (Phi) is 4.53. The molecule has 0 aliphatic carbocycles. The minimum Gasteiger partial charge on any atom is -0.304 e. The van der Waals surface area contributed by atoms with E-state index in [2.05, 4.69) is 0 Å². The van der Waals surface area contributed by atoms with Crippen molar-refractivity contribution in [2.75, 3.05) is 0 Å². The van der Waals surface area contributed by atoms with Crippen molar-refractivity contribution in [2.45, 2.75) is 19.6 Å². The van der Waals surface area contributed by atoms with Crippen molar-refractivity contribution in [3.05, 3.63) is 0 Å². The van der Waals surface area contributed by atoms with Crippen molar-refractivity contribution < 1.29 is 4.79 Å². The smallest absolute Gasteiger partial charge is 0.118 e. The quantitative estimate of drug-likeness (QED) is 0.279. The highest BCUT2D eigenvalue weighted by Crippen LogP contribution is 1.75. The molecular formula is C4H8BO. The van der Waals surface area contributed by atoms with Gasteiger partial charge in [-0.25, -0.2) is 0 Å². The fourth-order valence-corrected chi connectivity index (χ4v) is 0.235. The van der Waals surface area contributed by atoms with Gasteiger partial charge in [-0.1, -0.05) is 13.2 Å². The van der Waals surface area contributed by atoms with Gasteiger partial charge >= 0.3 is 0 Å². The maximum Gasteiger partial charge on any atom is 0.118 e. The lowest BCUT2D eigenvalue weighted by Gasteiger charge is -1.75. The highest BCUT2D eigenvalue weighted by molar-refractivity contribution is 6.39. The molecule has 0 spiro atoms. The Balaban J connectivity index is 2.49. The second-order valence-corrected chi connectivity index (χ2v) is 1.10. The van der Waals surface area contributed by atoms with Crippen LogP contribution in [0.4, 0.5) is 0 Å². The topological polar surface area (TPSA) is 17.1 Å². The predicted octanol–water partition coefficient (Wildman–Crippen LogP) is 0.746. The lowest BCUT2D eigenvalue weighted by atomic mass is 9.73. The molecule has 0 amide bonds. The molecule has 0 atom stereocenters. The third-order valence-electron chi connectivity index (χ3n) is 0.552. The minimum atomic E-state index is 0.608. The Labute approximate surface area is 39.0 Å². The standard InChI is InChI=1S/C4H8BO/c1-2-5-3-4-6/h4H,2-3H2,1H3. The van der Waals surface area contributed by atoms with Gasteiger partial charge in [0.2, 0.25) is 0 Å². The summed E-state index contributed by atoms with van der Waals surface area (Å²) in [5.41, 5.74) is 0. The summed E-state index contributed by atoms with van der Waals surface area (Å²) in [5, 5.41) is 0. The third-order valence-corrected chi connectivity index (χ3v) is 0.552. The van der Waals surface area contributed by atoms with Crippen LogP contribution in [0.15, 0.2) is 0 Å². The van der Waals surface area contributed by atoms with Gasteiger partial charge in [0, 0.05) is 0 Å². The summed E-state index contributed by atoms with van der Waals surface area (Å²) in [6.07, 6.45) is 2.51. The molecule has 33 valence electrons. The lowest BCUT2D eigenvalue weighted by molar-refractivity contribution is -0.106. The first-order valence-electron chi connectivity index (χ1n) is 2.17. The molecule has 1 radical (unpaired) electrons. The van der Waals surface area contributed by atoms with E-state index in [9.17, 15) is 4.79 Å². The molecule has 0 fully saturated rings. The molecule has 0 saturated heterocycles. The van der Waals surface area contributed by atoms with E-state index in [-0.39, 0.29) is 0 Å². The number of rotatable bonds is 3. The van der Waals surface area contributed by atoms with Gasteiger partial charge in [0.1, 0.15) is 13.6 Å². The van der Waals surface area contributed by atoms with Crippen LogP contribution in [0.25, 0.3) is 0 Å². The molecule has 1 nitrogen and oxygen atoms in total. The maximum atomic E-state index is 9.53. The normalized spacial score (nSPS) is 7.50. The molecule has 0 aliphatic rings. The SMILES string of the molecule is CC[B]CC=O. The second-order valence-electron chi connectivity index (χ2n) is 1.10. The Hall–Kier alpha value is -0.265. The molecule has 0 unspecified atom stereocenters. The third kappa shape index (κ3) is 3.73. The number of hydrogen-bond donors (Lipinski definition) is 0. The fraction of sp³-hybridized carbons (Fsp3) is 0.750. The van der Waals surface area contributed by atoms with Crippen LogP contribution in [0, 0.1) is 0 Å². The summed E-state index contributed by atoms with van der Waals surface area (Å²) in [5.74, 6) is 0. The maximum absolute atomic E-state index is 9.53. The first-order valence-corrected chi connectivity index (χ1v) is 2.17. The zero-order chi connectivity index (χ0) is 4.83. The molecule has 0 saturated carbocycles. The van der Waals surface area contributed by atoms with Gasteiger partial charge in [0.05, 0.1) is 0 Å². The molecule has 0 heterocycles. The van der Waals surface area contributed by atoms with E-state index in [0.29, 0.717) is 6.32 Å². The van der Waals surface area contributed by atoms with E-state index < -0.39 is 0 Å². The summed E-state index contributed by atoms with van der Waals surface area (Å²) >= 11 is 0. The van der Waals surface area contributed by atoms with E-state index in [4.69, 9.17) is 0 Å². The highest BCUT2D eigenvalue weighted by atomic mass is 16.1. The van der Waals surface area contributed by atoms with Crippen LogP contribution >= 0.6 is 0 Å². The molecule has 0 aliphatic heterocycles. The lowest BCUT2D eigenvalue weighted by Crippen LogP contribution is -1.83. The highest BCUT2D eigenvalue weighted by Gasteiger charge is 1.78. The van der Waals surface area contributed by atoms with Crippen molar-refractivity contribution in [1.82, 2.24) is 0 Å². The Bertz CT molecular complexity index is 36.5. The monoisotopic (exact) mass is 83.1 g/mol. The molecule has 0 N–H and O–H groups in total. The van der Waals surface area contributed by atoms with Crippen molar-refractivity contribution in [3.8, 4) is 0 Å². The average Bonchev–Trinajstić information content (AvgIpc) is 1.61. The van der Waals surface area contributed by atoms with Crippen molar-refractivity contribution in [2.24, 2.45) is 0 Å². The molecule has 0 aromatic rings. The molecule has 6 heavy (non-hydrogen) atoms. The van der Waals surface area contributed by atoms with Gasteiger partial charge in [-0.2, -0.15) is 0 Å². The first kappa shape index (κ1) is 5.73. The summed E-state index contributed by atoms with van der Waals surface area (Å²) in [4.78, 5) is 9.53. The Morgan fingerprint density at radius 2 is 2.50 bits per heavy atom. The van der Waals surface area contributed by atoms with Gasteiger partial charge in [-0.15, -0.1) is 0 Å². The van der Waals surface area contributed by atoms with Gasteiger partial charge in [0.15, 0.2) is 0 Å². The van der Waals surface area contributed by atoms with Crippen LogP contribution in [0.3, 0.4) is 0 Å². The Morgan fingerprint density at radius 1 is 1.83 bits per heavy atom. The van der Waals surface area contributed by atoms with Crippen LogP contribution in [0.2, 0.25) is 12.6 Å². The summed E-state index contributed by atoms with van der Waals surface area (Å²) in [6, 6.07) is 0. The zero-order valence-electron chi connectivity index (χ0n) is 3.98. The van der Waals surface area contributed by atoms with Crippen LogP contribution in [-0.4, -0.2) is 13.6 Å². The van der Waals surface area contributed by atoms with Gasteiger partial charge in [-0.05, 0) is 6.32 Å². The summed E-state index contributed by atoms with van der Waals surface area (Å²) in [6.45, 7) is 2.02. The van der Waals surface area contributed by atoms with E-state index in [1.807, 2.05) is 14.2 Å². The van der Waals surface area contributed by atoms with Crippen LogP contribution in [0.5, 0.6) is 0 Å². The fourth-order valence-electron chi connectivity index (χ4n) is 0.235. The average molecular weight is 82.9 g/mol. The van der Waals surface area contributed by atoms with Crippen LogP contribution < -0.4 is 0 Å². The molecule has 0 aromatic carbocycles. The summed E-state index contributed by atoms with van der Waals surface area (Å²) < 4.78 is 0. The number of carbonyl (C=O) groups excluding carboxylic acids is 1. The van der Waals surface area contributed by atoms with E-state index in [1.54, 1.807) is 0 Å². The van der Waals surface area contributed by atoms with Gasteiger partial charge < -0.3 is 4.79 Å². The number of carbonyl (C=O) groups is 1. The second kappa shape index (κ2) is 4.73. The van der Waals surface area contributed by atoms with Crippen LogP contribution in [0.1, 0.15) is 6.92 Å². The molecule has 0 aromatic heterocycles. The Morgan fingerprint density at radius 3 is 2.67 bits per heavy atom. The minimum absolute atomic E-state index is 0.608. The van der Waals surface area contributed by atoms with Crippen LogP contribution in [-0.2, 0) is 4.79 Å². The zero-order valence-corrected chi connectivity index (χ0v) is 3.98. The van der Waals surface area contributed by atoms with E-state index in [1.165, 1.54) is 0 Å².